The highest BCUT2D eigenvalue weighted by Crippen LogP contribution is 2.45. The van der Waals surface area contributed by atoms with Crippen LogP contribution in [0.5, 0.6) is 0 Å². The summed E-state index contributed by atoms with van der Waals surface area (Å²) in [4.78, 5) is 17.2. The van der Waals surface area contributed by atoms with Crippen molar-refractivity contribution in [1.82, 2.24) is 19.6 Å². The Morgan fingerprint density at radius 1 is 1.14 bits per heavy atom. The SMILES string of the molecule is Cn1c(Nc2cc(CNC(=O)C3(C)CC3)ccc2Cl)nc2cc(S(=O)(=O)NCC3CCCCC3)ccc21. The van der Waals surface area contributed by atoms with Crippen LogP contribution in [0.3, 0.4) is 0 Å². The minimum atomic E-state index is -3.62. The normalized spacial score (nSPS) is 17.6. The van der Waals surface area contributed by atoms with Gasteiger partial charge in [0.1, 0.15) is 0 Å². The van der Waals surface area contributed by atoms with Crippen LogP contribution in [0.15, 0.2) is 41.3 Å². The number of hydrogen-bond acceptors (Lipinski definition) is 5. The van der Waals surface area contributed by atoms with Crippen LogP contribution in [-0.4, -0.2) is 30.4 Å². The Bertz CT molecular complexity index is 1430. The van der Waals surface area contributed by atoms with Gasteiger partial charge in [-0.25, -0.2) is 18.1 Å². The first kappa shape index (κ1) is 26.0. The average molecular weight is 544 g/mol. The Kier molecular flexibility index (Phi) is 7.22. The molecule has 1 heterocycles. The maximum Gasteiger partial charge on any atom is 0.240 e. The van der Waals surface area contributed by atoms with E-state index in [2.05, 4.69) is 20.3 Å². The lowest BCUT2D eigenvalue weighted by atomic mass is 9.90. The van der Waals surface area contributed by atoms with Crippen LogP contribution in [0.4, 0.5) is 11.6 Å². The molecule has 0 atom stereocenters. The van der Waals surface area contributed by atoms with E-state index in [9.17, 15) is 13.2 Å². The fraction of sp³-hybridized carbons (Fsp3) is 0.481. The van der Waals surface area contributed by atoms with Gasteiger partial charge in [-0.2, -0.15) is 0 Å². The number of sulfonamides is 1. The first-order valence-electron chi connectivity index (χ1n) is 12.9. The number of halogens is 1. The summed E-state index contributed by atoms with van der Waals surface area (Å²) in [6, 6.07) is 10.6. The predicted molar refractivity (Wildman–Crippen MR) is 146 cm³/mol. The molecule has 0 unspecified atom stereocenters. The molecule has 2 aliphatic rings. The van der Waals surface area contributed by atoms with Gasteiger partial charge in [-0.15, -0.1) is 0 Å². The number of aromatic nitrogens is 2. The first-order valence-corrected chi connectivity index (χ1v) is 14.8. The largest absolute Gasteiger partial charge is 0.352 e. The zero-order valence-electron chi connectivity index (χ0n) is 21.3. The molecule has 198 valence electrons. The Hall–Kier alpha value is -2.62. The molecule has 37 heavy (non-hydrogen) atoms. The quantitative estimate of drug-likeness (QED) is 0.342. The second kappa shape index (κ2) is 10.3. The maximum absolute atomic E-state index is 13.0. The molecule has 3 aromatic rings. The monoisotopic (exact) mass is 543 g/mol. The number of fused-ring (bicyclic) bond motifs is 1. The van der Waals surface area contributed by atoms with Crippen molar-refractivity contribution in [2.24, 2.45) is 18.4 Å². The van der Waals surface area contributed by atoms with Crippen LogP contribution < -0.4 is 15.4 Å². The number of rotatable bonds is 9. The number of aryl methyl sites for hydroxylation is 1. The highest BCUT2D eigenvalue weighted by Gasteiger charge is 2.44. The minimum absolute atomic E-state index is 0.0753. The Balaban J connectivity index is 1.31. The number of carbonyl (C=O) groups excluding carboxylic acids is 1. The van der Waals surface area contributed by atoms with E-state index in [-0.39, 0.29) is 16.2 Å². The van der Waals surface area contributed by atoms with Gasteiger partial charge in [0.15, 0.2) is 0 Å². The number of carbonyl (C=O) groups is 1. The van der Waals surface area contributed by atoms with Crippen molar-refractivity contribution in [3.05, 3.63) is 47.0 Å². The fourth-order valence-electron chi connectivity index (χ4n) is 4.87. The van der Waals surface area contributed by atoms with Gasteiger partial charge < -0.3 is 15.2 Å². The molecule has 1 aromatic heterocycles. The van der Waals surface area contributed by atoms with Gasteiger partial charge in [0.25, 0.3) is 0 Å². The summed E-state index contributed by atoms with van der Waals surface area (Å²) in [6.07, 6.45) is 7.59. The van der Waals surface area contributed by atoms with E-state index in [1.165, 1.54) is 19.3 Å². The van der Waals surface area contributed by atoms with E-state index >= 15 is 0 Å². The van der Waals surface area contributed by atoms with Crippen molar-refractivity contribution >= 4 is 50.2 Å². The predicted octanol–water partition coefficient (Wildman–Crippen LogP) is 5.25. The third-order valence-electron chi connectivity index (χ3n) is 7.73. The zero-order chi connectivity index (χ0) is 26.2. The van der Waals surface area contributed by atoms with Crippen molar-refractivity contribution in [1.29, 1.82) is 0 Å². The van der Waals surface area contributed by atoms with Crippen molar-refractivity contribution < 1.29 is 13.2 Å². The van der Waals surface area contributed by atoms with Crippen LogP contribution in [0, 0.1) is 11.3 Å². The molecule has 2 aromatic carbocycles. The number of benzene rings is 2. The topological polar surface area (TPSA) is 105 Å². The lowest BCUT2D eigenvalue weighted by Crippen LogP contribution is -2.30. The molecule has 5 rings (SSSR count). The lowest BCUT2D eigenvalue weighted by molar-refractivity contribution is -0.125. The summed E-state index contributed by atoms with van der Waals surface area (Å²) in [6.45, 7) is 2.87. The van der Waals surface area contributed by atoms with Crippen molar-refractivity contribution in [3.63, 3.8) is 0 Å². The molecular formula is C27H34ClN5O3S. The molecule has 0 bridgehead atoms. The van der Waals surface area contributed by atoms with Gasteiger partial charge >= 0.3 is 0 Å². The molecule has 2 fully saturated rings. The van der Waals surface area contributed by atoms with Gasteiger partial charge in [-0.3, -0.25) is 4.79 Å². The molecule has 1 amide bonds. The van der Waals surface area contributed by atoms with E-state index < -0.39 is 10.0 Å². The highest BCUT2D eigenvalue weighted by molar-refractivity contribution is 7.89. The van der Waals surface area contributed by atoms with Crippen LogP contribution in [0.25, 0.3) is 11.0 Å². The van der Waals surface area contributed by atoms with E-state index in [4.69, 9.17) is 11.6 Å². The van der Waals surface area contributed by atoms with Crippen LogP contribution in [0.1, 0.15) is 57.4 Å². The second-order valence-corrected chi connectivity index (χ2v) is 12.9. The standard InChI is InChI=1S/C27H34ClN5O3S/c1-27(12-13-27)25(34)29-16-19-8-10-21(28)22(14-19)31-26-32-23-15-20(9-11-24(23)33(26)2)37(35,36)30-17-18-6-4-3-5-7-18/h8-11,14-15,18,30H,3-7,12-13,16-17H2,1-2H3,(H,29,34)(H,31,32). The molecule has 2 aliphatic carbocycles. The van der Waals surface area contributed by atoms with Gasteiger partial charge in [-0.05, 0) is 67.5 Å². The molecule has 0 spiro atoms. The van der Waals surface area contributed by atoms with Crippen LogP contribution in [0.2, 0.25) is 5.02 Å². The summed E-state index contributed by atoms with van der Waals surface area (Å²) in [5.74, 6) is 1.02. The Labute approximate surface area is 223 Å². The molecule has 3 N–H and O–H groups in total. The maximum atomic E-state index is 13.0. The van der Waals surface area contributed by atoms with Crippen molar-refractivity contribution in [2.45, 2.75) is 63.3 Å². The zero-order valence-corrected chi connectivity index (χ0v) is 22.9. The Morgan fingerprint density at radius 3 is 2.62 bits per heavy atom. The summed E-state index contributed by atoms with van der Waals surface area (Å²) >= 11 is 6.45. The fourth-order valence-corrected chi connectivity index (χ4v) is 6.17. The van der Waals surface area contributed by atoms with Gasteiger partial charge in [0.05, 0.1) is 26.6 Å². The van der Waals surface area contributed by atoms with Crippen molar-refractivity contribution in [2.75, 3.05) is 11.9 Å². The molecule has 8 nitrogen and oxygen atoms in total. The van der Waals surface area contributed by atoms with E-state index in [1.54, 1.807) is 24.3 Å². The molecule has 0 radical (unpaired) electrons. The second-order valence-electron chi connectivity index (χ2n) is 10.7. The summed E-state index contributed by atoms with van der Waals surface area (Å²) in [7, 11) is -1.76. The number of nitrogens with zero attached hydrogens (tertiary/aromatic N) is 2. The number of nitrogens with one attached hydrogen (secondary N) is 3. The third-order valence-corrected chi connectivity index (χ3v) is 9.48. The summed E-state index contributed by atoms with van der Waals surface area (Å²) in [5, 5.41) is 6.79. The average Bonchev–Trinajstić information content (AvgIpc) is 3.58. The number of hydrogen-bond donors (Lipinski definition) is 3. The lowest BCUT2D eigenvalue weighted by Gasteiger charge is -2.21. The molecule has 2 saturated carbocycles. The van der Waals surface area contributed by atoms with Gasteiger partial charge in [-0.1, -0.05) is 43.9 Å². The van der Waals surface area contributed by atoms with Crippen LogP contribution >= 0.6 is 11.6 Å². The summed E-state index contributed by atoms with van der Waals surface area (Å²) in [5.41, 5.74) is 2.72. The highest BCUT2D eigenvalue weighted by atomic mass is 35.5. The van der Waals surface area contributed by atoms with Crippen molar-refractivity contribution in [3.8, 4) is 0 Å². The number of imidazole rings is 1. The number of anilines is 2. The van der Waals surface area contributed by atoms with E-state index in [1.807, 2.05) is 30.7 Å². The van der Waals surface area contributed by atoms with Gasteiger partial charge in [0.2, 0.25) is 21.9 Å². The first-order chi connectivity index (χ1) is 17.6. The minimum Gasteiger partial charge on any atom is -0.352 e. The number of amides is 1. The molecule has 0 saturated heterocycles. The van der Waals surface area contributed by atoms with Gasteiger partial charge in [0, 0.05) is 25.6 Å². The van der Waals surface area contributed by atoms with E-state index in [0.717, 1.165) is 36.8 Å². The smallest absolute Gasteiger partial charge is 0.240 e. The van der Waals surface area contributed by atoms with Crippen LogP contribution in [-0.2, 0) is 28.4 Å². The van der Waals surface area contributed by atoms with E-state index in [0.29, 0.717) is 41.2 Å². The summed E-state index contributed by atoms with van der Waals surface area (Å²) < 4.78 is 30.6. The molecular weight excluding hydrogens is 510 g/mol. The third kappa shape index (κ3) is 5.78. The molecule has 10 heteroatoms. The Morgan fingerprint density at radius 2 is 1.89 bits per heavy atom. The molecule has 0 aliphatic heterocycles.